The maximum Gasteiger partial charge on any atom is 0.316 e. The lowest BCUT2D eigenvalue weighted by molar-refractivity contribution is -0.143. The molecule has 0 radical (unpaired) electrons. The second-order valence-corrected chi connectivity index (χ2v) is 11.0. The first kappa shape index (κ1) is 25.7. The Morgan fingerprint density at radius 2 is 1.91 bits per heavy atom. The minimum Gasteiger partial charge on any atom is -0.492 e. The van der Waals surface area contributed by atoms with E-state index in [4.69, 9.17) is 14.2 Å². The third-order valence-corrected chi connectivity index (χ3v) is 6.97. The highest BCUT2D eigenvalue weighted by Gasteiger charge is 2.26. The molecular formula is C28H33BrFNO4. The van der Waals surface area contributed by atoms with Crippen LogP contribution in [0.25, 0.3) is 5.57 Å². The Kier molecular flexibility index (Phi) is 8.17. The molecule has 0 amide bonds. The highest BCUT2D eigenvalue weighted by atomic mass is 79.9. The van der Waals surface area contributed by atoms with Gasteiger partial charge in [0.05, 0.1) is 18.7 Å². The third kappa shape index (κ3) is 6.44. The van der Waals surface area contributed by atoms with E-state index < -0.39 is 5.41 Å². The quantitative estimate of drug-likeness (QED) is 0.298. The molecule has 0 aromatic heterocycles. The number of benzene rings is 2. The molecule has 4 rings (SSSR count). The van der Waals surface area contributed by atoms with Crippen LogP contribution >= 0.6 is 15.9 Å². The molecule has 0 spiro atoms. The van der Waals surface area contributed by atoms with E-state index in [1.807, 2.05) is 45.0 Å². The van der Waals surface area contributed by atoms with Crippen molar-refractivity contribution in [2.45, 2.75) is 46.1 Å². The molecule has 0 unspecified atom stereocenters. The number of halogens is 2. The van der Waals surface area contributed by atoms with Gasteiger partial charge in [0.25, 0.3) is 0 Å². The number of alkyl halides is 1. The van der Waals surface area contributed by atoms with Crippen LogP contribution in [0.15, 0.2) is 46.9 Å². The standard InChI is InChI=1S/C28H33BrFNO4/c1-28(2,3)27(32)35-21-9-10-23-25(17-21)33-16-12-24(29)26(23)19-5-7-20(8-6-19)34-22-11-15-31(18-22)14-4-13-30/h5-10,17,22H,4,11-16,18H2,1-3H3/t22-/m0/s1. The summed E-state index contributed by atoms with van der Waals surface area (Å²) in [6.07, 6.45) is 2.40. The van der Waals surface area contributed by atoms with E-state index in [-0.39, 0.29) is 18.7 Å². The van der Waals surface area contributed by atoms with E-state index in [0.29, 0.717) is 24.5 Å². The van der Waals surface area contributed by atoms with E-state index in [1.54, 1.807) is 6.07 Å². The zero-order valence-corrected chi connectivity index (χ0v) is 22.2. The number of nitrogens with zero attached hydrogens (tertiary/aromatic N) is 1. The van der Waals surface area contributed by atoms with Crippen molar-refractivity contribution in [1.82, 2.24) is 4.90 Å². The fourth-order valence-corrected chi connectivity index (χ4v) is 4.86. The van der Waals surface area contributed by atoms with Crippen LogP contribution in [0, 0.1) is 5.41 Å². The Morgan fingerprint density at radius 1 is 1.17 bits per heavy atom. The lowest BCUT2D eigenvalue weighted by Gasteiger charge is -2.18. The first-order valence-corrected chi connectivity index (χ1v) is 13.0. The van der Waals surface area contributed by atoms with Crippen LogP contribution in [0.5, 0.6) is 17.2 Å². The number of likely N-dealkylation sites (tertiary alicyclic amines) is 1. The topological polar surface area (TPSA) is 48.0 Å². The summed E-state index contributed by atoms with van der Waals surface area (Å²) in [5, 5.41) is 0. The van der Waals surface area contributed by atoms with E-state index >= 15 is 0 Å². The maximum atomic E-state index is 12.4. The van der Waals surface area contributed by atoms with Crippen molar-refractivity contribution in [3.05, 3.63) is 58.1 Å². The molecule has 1 atom stereocenters. The minimum absolute atomic E-state index is 0.132. The maximum absolute atomic E-state index is 12.4. The molecule has 5 nitrogen and oxygen atoms in total. The molecule has 2 aliphatic heterocycles. The van der Waals surface area contributed by atoms with Gasteiger partial charge >= 0.3 is 5.97 Å². The van der Waals surface area contributed by atoms with Gasteiger partial charge in [0.15, 0.2) is 0 Å². The van der Waals surface area contributed by atoms with Crippen LogP contribution in [-0.2, 0) is 4.79 Å². The molecule has 0 bridgehead atoms. The number of rotatable bonds is 7. The molecule has 0 aliphatic carbocycles. The second-order valence-electron chi connectivity index (χ2n) is 10.1. The molecule has 2 aromatic carbocycles. The van der Waals surface area contributed by atoms with Gasteiger partial charge in [0.2, 0.25) is 0 Å². The van der Waals surface area contributed by atoms with Gasteiger partial charge in [-0.1, -0.05) is 28.1 Å². The molecule has 7 heteroatoms. The summed E-state index contributed by atoms with van der Waals surface area (Å²) in [6.45, 7) is 8.32. The molecule has 0 N–H and O–H groups in total. The smallest absolute Gasteiger partial charge is 0.316 e. The normalized spacial score (nSPS) is 18.6. The average molecular weight is 546 g/mol. The average Bonchev–Trinajstić information content (AvgIpc) is 3.19. The highest BCUT2D eigenvalue weighted by molar-refractivity contribution is 9.11. The predicted octanol–water partition coefficient (Wildman–Crippen LogP) is 6.39. The van der Waals surface area contributed by atoms with Gasteiger partial charge in [-0.15, -0.1) is 0 Å². The summed E-state index contributed by atoms with van der Waals surface area (Å²) in [6, 6.07) is 13.7. The molecule has 2 aliphatic rings. The molecule has 1 saturated heterocycles. The predicted molar refractivity (Wildman–Crippen MR) is 139 cm³/mol. The van der Waals surface area contributed by atoms with Crippen molar-refractivity contribution in [3.8, 4) is 17.2 Å². The summed E-state index contributed by atoms with van der Waals surface area (Å²) in [4.78, 5) is 14.6. The number of hydrogen-bond donors (Lipinski definition) is 0. The summed E-state index contributed by atoms with van der Waals surface area (Å²) >= 11 is 3.76. The molecule has 2 aromatic rings. The number of carbonyl (C=O) groups is 1. The van der Waals surface area contributed by atoms with Crippen LogP contribution in [0.2, 0.25) is 0 Å². The Balaban J connectivity index is 1.50. The van der Waals surface area contributed by atoms with Crippen LogP contribution < -0.4 is 14.2 Å². The van der Waals surface area contributed by atoms with Gasteiger partial charge in [0, 0.05) is 47.7 Å². The van der Waals surface area contributed by atoms with Gasteiger partial charge in [-0.05, 0) is 63.4 Å². The largest absolute Gasteiger partial charge is 0.492 e. The van der Waals surface area contributed by atoms with Crippen LogP contribution in [0.4, 0.5) is 4.39 Å². The van der Waals surface area contributed by atoms with Crippen LogP contribution in [0.3, 0.4) is 0 Å². The highest BCUT2D eigenvalue weighted by Crippen LogP contribution is 2.41. The van der Waals surface area contributed by atoms with Crippen LogP contribution in [0.1, 0.15) is 51.2 Å². The second kappa shape index (κ2) is 11.1. The van der Waals surface area contributed by atoms with Gasteiger partial charge in [-0.2, -0.15) is 0 Å². The lowest BCUT2D eigenvalue weighted by Crippen LogP contribution is -2.26. The van der Waals surface area contributed by atoms with Gasteiger partial charge in [-0.25, -0.2) is 0 Å². The summed E-state index contributed by atoms with van der Waals surface area (Å²) < 4.78 is 31.3. The molecule has 2 heterocycles. The summed E-state index contributed by atoms with van der Waals surface area (Å²) in [7, 11) is 0. The van der Waals surface area contributed by atoms with Crippen molar-refractivity contribution >= 4 is 27.5 Å². The molecular weight excluding hydrogens is 513 g/mol. The number of carbonyl (C=O) groups excluding carboxylic acids is 1. The van der Waals surface area contributed by atoms with Crippen LogP contribution in [-0.4, -0.2) is 49.9 Å². The molecule has 188 valence electrons. The minimum atomic E-state index is -0.587. The monoisotopic (exact) mass is 545 g/mol. The van der Waals surface area contributed by atoms with Crippen molar-refractivity contribution in [2.24, 2.45) is 5.41 Å². The molecule has 35 heavy (non-hydrogen) atoms. The zero-order valence-electron chi connectivity index (χ0n) is 20.6. The van der Waals surface area contributed by atoms with Crippen molar-refractivity contribution in [1.29, 1.82) is 0 Å². The van der Waals surface area contributed by atoms with Gasteiger partial charge < -0.3 is 14.2 Å². The van der Waals surface area contributed by atoms with Gasteiger partial charge in [-0.3, -0.25) is 14.1 Å². The van der Waals surface area contributed by atoms with E-state index in [2.05, 4.69) is 33.0 Å². The third-order valence-electron chi connectivity index (χ3n) is 6.18. The number of fused-ring (bicyclic) bond motifs is 1. The first-order valence-electron chi connectivity index (χ1n) is 12.2. The van der Waals surface area contributed by atoms with Gasteiger partial charge in [0.1, 0.15) is 23.4 Å². The number of hydrogen-bond acceptors (Lipinski definition) is 5. The number of ether oxygens (including phenoxy) is 3. The Labute approximate surface area is 215 Å². The Bertz CT molecular complexity index is 1080. The molecule has 1 fully saturated rings. The van der Waals surface area contributed by atoms with Crippen molar-refractivity contribution in [2.75, 3.05) is 32.9 Å². The lowest BCUT2D eigenvalue weighted by atomic mass is 9.96. The fourth-order valence-electron chi connectivity index (χ4n) is 4.26. The first-order chi connectivity index (χ1) is 16.7. The van der Waals surface area contributed by atoms with E-state index in [1.165, 1.54) is 0 Å². The molecule has 0 saturated carbocycles. The summed E-state index contributed by atoms with van der Waals surface area (Å²) in [5.41, 5.74) is 2.46. The SMILES string of the molecule is CC(C)(C)C(=O)Oc1ccc2c(c1)OCCC(Br)=C2c1ccc(O[C@H]2CCN(CCCF)C2)cc1. The van der Waals surface area contributed by atoms with E-state index in [0.717, 1.165) is 59.4 Å². The van der Waals surface area contributed by atoms with Crippen molar-refractivity contribution in [3.63, 3.8) is 0 Å². The summed E-state index contributed by atoms with van der Waals surface area (Å²) in [5.74, 6) is 1.71. The fraction of sp³-hybridized carbons (Fsp3) is 0.464. The zero-order chi connectivity index (χ0) is 25.0. The number of esters is 1. The van der Waals surface area contributed by atoms with E-state index in [9.17, 15) is 9.18 Å². The van der Waals surface area contributed by atoms with Crippen molar-refractivity contribution < 1.29 is 23.4 Å². The Hall–Kier alpha value is -2.38. The Morgan fingerprint density at radius 3 is 2.63 bits per heavy atom.